The van der Waals surface area contributed by atoms with Crippen molar-refractivity contribution in [3.05, 3.63) is 54.0 Å². The molecule has 1 aromatic heterocycles. The van der Waals surface area contributed by atoms with Crippen LogP contribution in [0.25, 0.3) is 11.3 Å². The molecule has 3 N–H and O–H groups in total. The van der Waals surface area contributed by atoms with Gasteiger partial charge in [0.2, 0.25) is 5.95 Å². The molecule has 30 heavy (non-hydrogen) atoms. The fraction of sp³-hybridized carbons (Fsp3) is 0.238. The zero-order valence-electron chi connectivity index (χ0n) is 16.4. The molecule has 0 saturated carbocycles. The highest BCUT2D eigenvalue weighted by Crippen LogP contribution is 2.39. The van der Waals surface area contributed by atoms with Gasteiger partial charge < -0.3 is 20.7 Å². The van der Waals surface area contributed by atoms with Gasteiger partial charge in [0.1, 0.15) is 18.1 Å². The second-order valence-electron chi connectivity index (χ2n) is 7.19. The summed E-state index contributed by atoms with van der Waals surface area (Å²) in [7, 11) is 0. The van der Waals surface area contributed by atoms with Crippen molar-refractivity contribution in [2.24, 2.45) is 0 Å². The van der Waals surface area contributed by atoms with E-state index in [-0.39, 0.29) is 34.7 Å². The molecule has 0 spiro atoms. The van der Waals surface area contributed by atoms with Crippen molar-refractivity contribution in [2.45, 2.75) is 19.9 Å². The Bertz CT molecular complexity index is 1110. The monoisotopic (exact) mass is 415 g/mol. The van der Waals surface area contributed by atoms with E-state index in [0.717, 1.165) is 6.20 Å². The Labute approximate surface area is 171 Å². The Kier molecular flexibility index (Phi) is 5.11. The molecule has 2 heterocycles. The Morgan fingerprint density at radius 3 is 2.63 bits per heavy atom. The predicted octanol–water partition coefficient (Wildman–Crippen LogP) is 4.49. The van der Waals surface area contributed by atoms with E-state index >= 15 is 0 Å². The topological polar surface area (TPSA) is 76.3 Å². The second kappa shape index (κ2) is 7.74. The van der Waals surface area contributed by atoms with Gasteiger partial charge >= 0.3 is 0 Å². The number of halogens is 3. The van der Waals surface area contributed by atoms with Gasteiger partial charge in [0.05, 0.1) is 24.1 Å². The minimum absolute atomic E-state index is 0.00252. The molecule has 1 aliphatic heterocycles. The molecular weight excluding hydrogens is 395 g/mol. The van der Waals surface area contributed by atoms with Gasteiger partial charge in [0.25, 0.3) is 0 Å². The van der Waals surface area contributed by atoms with Gasteiger partial charge in [-0.25, -0.2) is 23.1 Å². The summed E-state index contributed by atoms with van der Waals surface area (Å²) in [6.45, 7) is 4.93. The highest BCUT2D eigenvalue weighted by molar-refractivity contribution is 5.73. The number of hydrogen-bond donors (Lipinski definition) is 2. The fourth-order valence-electron chi connectivity index (χ4n) is 3.34. The van der Waals surface area contributed by atoms with Crippen LogP contribution in [-0.4, -0.2) is 29.2 Å². The van der Waals surface area contributed by atoms with Gasteiger partial charge in [-0.1, -0.05) is 0 Å². The maximum Gasteiger partial charge on any atom is 0.227 e. The van der Waals surface area contributed by atoms with E-state index in [4.69, 9.17) is 10.5 Å². The van der Waals surface area contributed by atoms with E-state index < -0.39 is 17.5 Å². The summed E-state index contributed by atoms with van der Waals surface area (Å²) in [6, 6.07) is 7.05. The Morgan fingerprint density at radius 2 is 1.90 bits per heavy atom. The van der Waals surface area contributed by atoms with E-state index in [1.165, 1.54) is 18.2 Å². The zero-order valence-corrected chi connectivity index (χ0v) is 16.4. The molecule has 0 bridgehead atoms. The summed E-state index contributed by atoms with van der Waals surface area (Å²) in [4.78, 5) is 10.0. The van der Waals surface area contributed by atoms with Crippen LogP contribution < -0.4 is 20.7 Å². The average Bonchev–Trinajstić information content (AvgIpc) is 2.71. The minimum atomic E-state index is -0.712. The zero-order chi connectivity index (χ0) is 21.4. The lowest BCUT2D eigenvalue weighted by Crippen LogP contribution is -2.38. The fourth-order valence-corrected chi connectivity index (χ4v) is 3.34. The molecule has 9 heteroatoms. The lowest BCUT2D eigenvalue weighted by molar-refractivity contribution is 0.287. The number of rotatable bonds is 4. The largest absolute Gasteiger partial charge is 0.486 e. The van der Waals surface area contributed by atoms with E-state index in [2.05, 4.69) is 15.3 Å². The summed E-state index contributed by atoms with van der Waals surface area (Å²) in [6.07, 6.45) is 0.979. The van der Waals surface area contributed by atoms with Crippen LogP contribution in [0.5, 0.6) is 5.75 Å². The average molecular weight is 415 g/mol. The number of ether oxygens (including phenoxy) is 1. The molecule has 0 aliphatic carbocycles. The van der Waals surface area contributed by atoms with E-state index in [9.17, 15) is 13.2 Å². The van der Waals surface area contributed by atoms with Gasteiger partial charge in [-0.15, -0.1) is 0 Å². The van der Waals surface area contributed by atoms with Crippen LogP contribution in [0.2, 0.25) is 0 Å². The maximum absolute atomic E-state index is 14.7. The third-order valence-corrected chi connectivity index (χ3v) is 4.81. The standard InChI is InChI=1S/C21H20F3N5O/c1-11(2)29-5-6-30-20-15(23)7-12(8-18(20)29)19-16(24)10-26-21(28-19)27-13-3-4-17(25)14(22)9-13/h3-4,7-11H,5-6,25H2,1-2H3,(H,26,27,28). The Morgan fingerprint density at radius 1 is 1.10 bits per heavy atom. The molecular formula is C21H20F3N5O. The Hall–Kier alpha value is -3.49. The highest BCUT2D eigenvalue weighted by Gasteiger charge is 2.25. The first-order valence-electron chi connectivity index (χ1n) is 9.41. The molecule has 0 radical (unpaired) electrons. The lowest BCUT2D eigenvalue weighted by Gasteiger charge is -2.34. The van der Waals surface area contributed by atoms with Crippen LogP contribution in [-0.2, 0) is 0 Å². The first kappa shape index (κ1) is 19.8. The summed E-state index contributed by atoms with van der Waals surface area (Å²) in [5.41, 5.74) is 6.52. The van der Waals surface area contributed by atoms with Crippen molar-refractivity contribution < 1.29 is 17.9 Å². The van der Waals surface area contributed by atoms with Crippen LogP contribution in [0, 0.1) is 17.5 Å². The number of benzene rings is 2. The number of nitrogens with one attached hydrogen (secondary N) is 1. The first-order chi connectivity index (χ1) is 14.3. The van der Waals surface area contributed by atoms with E-state index in [1.54, 1.807) is 12.1 Å². The van der Waals surface area contributed by atoms with Crippen molar-refractivity contribution in [1.82, 2.24) is 9.97 Å². The SMILES string of the molecule is CC(C)N1CCOc2c(F)cc(-c3nc(Nc4ccc(N)c(F)c4)ncc3F)cc21. The van der Waals surface area contributed by atoms with Gasteiger partial charge in [0, 0.05) is 17.3 Å². The van der Waals surface area contributed by atoms with Crippen molar-refractivity contribution >= 4 is 23.0 Å². The van der Waals surface area contributed by atoms with Crippen LogP contribution in [0.1, 0.15) is 13.8 Å². The molecule has 2 aromatic carbocycles. The van der Waals surface area contributed by atoms with Gasteiger partial charge in [-0.2, -0.15) is 0 Å². The Balaban J connectivity index is 1.73. The van der Waals surface area contributed by atoms with Gasteiger partial charge in [0.15, 0.2) is 17.4 Å². The lowest BCUT2D eigenvalue weighted by atomic mass is 10.1. The molecule has 0 atom stereocenters. The van der Waals surface area contributed by atoms with Gasteiger partial charge in [-0.05, 0) is 44.2 Å². The quantitative estimate of drug-likeness (QED) is 0.612. The van der Waals surface area contributed by atoms with Crippen LogP contribution >= 0.6 is 0 Å². The second-order valence-corrected chi connectivity index (χ2v) is 7.19. The number of fused-ring (bicyclic) bond motifs is 1. The molecule has 1 aliphatic rings. The first-order valence-corrected chi connectivity index (χ1v) is 9.41. The molecule has 0 fully saturated rings. The van der Waals surface area contributed by atoms with Gasteiger partial charge in [-0.3, -0.25) is 0 Å². The molecule has 3 aromatic rings. The van der Waals surface area contributed by atoms with Crippen molar-refractivity contribution in [2.75, 3.05) is 29.1 Å². The number of nitrogen functional groups attached to an aromatic ring is 1. The van der Waals surface area contributed by atoms with Crippen molar-refractivity contribution in [1.29, 1.82) is 0 Å². The maximum atomic E-state index is 14.7. The summed E-state index contributed by atoms with van der Waals surface area (Å²) in [5.74, 6) is -1.74. The van der Waals surface area contributed by atoms with E-state index in [1.807, 2.05) is 18.7 Å². The smallest absolute Gasteiger partial charge is 0.227 e. The number of nitrogens with zero attached hydrogens (tertiary/aromatic N) is 3. The summed E-state index contributed by atoms with van der Waals surface area (Å²) >= 11 is 0. The van der Waals surface area contributed by atoms with E-state index in [0.29, 0.717) is 24.5 Å². The number of anilines is 4. The van der Waals surface area contributed by atoms with Crippen molar-refractivity contribution in [3.63, 3.8) is 0 Å². The predicted molar refractivity (Wildman–Crippen MR) is 109 cm³/mol. The number of aromatic nitrogens is 2. The van der Waals surface area contributed by atoms with Crippen LogP contribution in [0.4, 0.5) is 36.2 Å². The number of nitrogens with two attached hydrogens (primary N) is 1. The third-order valence-electron chi connectivity index (χ3n) is 4.81. The van der Waals surface area contributed by atoms with Crippen LogP contribution in [0.15, 0.2) is 36.5 Å². The third kappa shape index (κ3) is 3.70. The summed E-state index contributed by atoms with van der Waals surface area (Å²) < 4.78 is 48.4. The minimum Gasteiger partial charge on any atom is -0.486 e. The molecule has 0 unspecified atom stereocenters. The molecule has 6 nitrogen and oxygen atoms in total. The molecule has 156 valence electrons. The highest BCUT2D eigenvalue weighted by atomic mass is 19.1. The molecule has 0 saturated heterocycles. The number of hydrogen-bond acceptors (Lipinski definition) is 6. The normalized spacial score (nSPS) is 13.2. The van der Waals surface area contributed by atoms with Crippen LogP contribution in [0.3, 0.4) is 0 Å². The summed E-state index contributed by atoms with van der Waals surface area (Å²) in [5, 5.41) is 2.80. The molecule has 0 amide bonds. The van der Waals surface area contributed by atoms with Crippen molar-refractivity contribution in [3.8, 4) is 17.0 Å². The molecule has 4 rings (SSSR count).